The van der Waals surface area contributed by atoms with Crippen LogP contribution in [0.25, 0.3) is 0 Å². The molecule has 0 saturated heterocycles. The van der Waals surface area contributed by atoms with E-state index in [1.807, 2.05) is 6.92 Å². The molecule has 0 heterocycles. The molecule has 0 saturated carbocycles. The van der Waals surface area contributed by atoms with Gasteiger partial charge in [-0.3, -0.25) is 0 Å². The molecule has 0 aromatic heterocycles. The maximum absolute atomic E-state index is 12.1. The van der Waals surface area contributed by atoms with Crippen molar-refractivity contribution in [3.05, 3.63) is 29.3 Å². The zero-order valence-corrected chi connectivity index (χ0v) is 12.5. The molecule has 2 N–H and O–H groups in total. The molecule has 0 unspecified atom stereocenters. The van der Waals surface area contributed by atoms with E-state index in [9.17, 15) is 13.5 Å². The third-order valence-corrected chi connectivity index (χ3v) is 4.44. The molecule has 108 valence electrons. The van der Waals surface area contributed by atoms with Gasteiger partial charge in [-0.1, -0.05) is 6.07 Å². The van der Waals surface area contributed by atoms with E-state index in [1.54, 1.807) is 19.9 Å². The second kappa shape index (κ2) is 6.00. The Bertz CT molecular complexity index is 538. The summed E-state index contributed by atoms with van der Waals surface area (Å²) in [6, 6.07) is 4.69. The van der Waals surface area contributed by atoms with E-state index >= 15 is 0 Å². The number of aryl methyl sites for hydroxylation is 1. The van der Waals surface area contributed by atoms with Gasteiger partial charge < -0.3 is 9.84 Å². The van der Waals surface area contributed by atoms with Crippen LogP contribution in [0, 0.1) is 6.92 Å². The lowest BCUT2D eigenvalue weighted by Crippen LogP contribution is -2.39. The van der Waals surface area contributed by atoms with Gasteiger partial charge in [0.15, 0.2) is 0 Å². The highest BCUT2D eigenvalue weighted by molar-refractivity contribution is 7.89. The number of benzene rings is 1. The summed E-state index contributed by atoms with van der Waals surface area (Å²) in [5.41, 5.74) is 0.893. The molecule has 1 rings (SSSR count). The molecular weight excluding hydrogens is 266 g/mol. The molecule has 0 fully saturated rings. The fraction of sp³-hybridized carbons (Fsp3) is 0.538. The highest BCUT2D eigenvalue weighted by Crippen LogP contribution is 2.16. The highest BCUT2D eigenvalue weighted by Gasteiger charge is 2.22. The average Bonchev–Trinajstić information content (AvgIpc) is 2.37. The van der Waals surface area contributed by atoms with E-state index in [0.717, 1.165) is 5.56 Å². The number of hydrogen-bond acceptors (Lipinski definition) is 4. The molecule has 1 aromatic carbocycles. The summed E-state index contributed by atoms with van der Waals surface area (Å²) in [4.78, 5) is 0.147. The van der Waals surface area contributed by atoms with Gasteiger partial charge >= 0.3 is 0 Å². The lowest BCUT2D eigenvalue weighted by molar-refractivity contribution is 0.0276. The van der Waals surface area contributed by atoms with E-state index in [2.05, 4.69) is 4.72 Å². The molecule has 0 amide bonds. The van der Waals surface area contributed by atoms with Crippen molar-refractivity contribution in [1.82, 2.24) is 4.72 Å². The molecule has 5 nitrogen and oxygen atoms in total. The number of hydrogen-bond donors (Lipinski definition) is 2. The summed E-state index contributed by atoms with van der Waals surface area (Å²) >= 11 is 0. The largest absolute Gasteiger partial charge is 0.392 e. The van der Waals surface area contributed by atoms with E-state index in [1.165, 1.54) is 19.2 Å². The first-order valence-corrected chi connectivity index (χ1v) is 7.45. The number of nitrogens with one attached hydrogen (secondary N) is 1. The summed E-state index contributed by atoms with van der Waals surface area (Å²) in [5, 5.41) is 9.17. The first kappa shape index (κ1) is 16.1. The lowest BCUT2D eigenvalue weighted by Gasteiger charge is -2.23. The second-order valence-electron chi connectivity index (χ2n) is 5.03. The minimum absolute atomic E-state index is 0.147. The monoisotopic (exact) mass is 287 g/mol. The van der Waals surface area contributed by atoms with Crippen molar-refractivity contribution in [1.29, 1.82) is 0 Å². The Morgan fingerprint density at radius 2 is 2.00 bits per heavy atom. The molecule has 0 aliphatic rings. The Kier molecular flexibility index (Phi) is 5.09. The van der Waals surface area contributed by atoms with Gasteiger partial charge in [-0.15, -0.1) is 0 Å². The molecule has 0 atom stereocenters. The van der Waals surface area contributed by atoms with Crippen LogP contribution < -0.4 is 4.72 Å². The van der Waals surface area contributed by atoms with Gasteiger partial charge in [-0.2, -0.15) is 0 Å². The van der Waals surface area contributed by atoms with Crippen LogP contribution in [0.4, 0.5) is 0 Å². The fourth-order valence-corrected chi connectivity index (χ4v) is 2.66. The molecule has 0 radical (unpaired) electrons. The summed E-state index contributed by atoms with van der Waals surface area (Å²) in [6.45, 7) is 5.41. The molecule has 0 spiro atoms. The number of rotatable bonds is 6. The third-order valence-electron chi connectivity index (χ3n) is 3.04. The minimum Gasteiger partial charge on any atom is -0.392 e. The first-order valence-electron chi connectivity index (χ1n) is 5.97. The molecular formula is C13H21NO4S. The van der Waals surface area contributed by atoms with Crippen LogP contribution in [0.2, 0.25) is 0 Å². The number of sulfonamides is 1. The van der Waals surface area contributed by atoms with E-state index < -0.39 is 15.6 Å². The standard InChI is InChI=1S/C13H21NO4S/c1-10-5-6-12(7-11(10)8-15)19(16,17)14-9-13(2,3)18-4/h5-7,14-15H,8-9H2,1-4H3. The Hall–Kier alpha value is -0.950. The second-order valence-corrected chi connectivity index (χ2v) is 6.80. The van der Waals surface area contributed by atoms with Gasteiger partial charge in [0.1, 0.15) is 0 Å². The maximum atomic E-state index is 12.1. The average molecular weight is 287 g/mol. The molecule has 6 heteroatoms. The predicted molar refractivity (Wildman–Crippen MR) is 73.4 cm³/mol. The number of ether oxygens (including phenoxy) is 1. The van der Waals surface area contributed by atoms with E-state index in [0.29, 0.717) is 5.56 Å². The van der Waals surface area contributed by atoms with Crippen LogP contribution in [-0.4, -0.2) is 32.8 Å². The zero-order chi connectivity index (χ0) is 14.7. The zero-order valence-electron chi connectivity index (χ0n) is 11.7. The molecule has 0 aliphatic heterocycles. The van der Waals surface area contributed by atoms with Crippen molar-refractivity contribution < 1.29 is 18.3 Å². The van der Waals surface area contributed by atoms with Crippen LogP contribution in [0.15, 0.2) is 23.1 Å². The predicted octanol–water partition coefficient (Wildman–Crippen LogP) is 1.19. The Labute approximate surface area is 114 Å². The van der Waals surface area contributed by atoms with Gasteiger partial charge in [0, 0.05) is 13.7 Å². The number of aliphatic hydroxyl groups is 1. The van der Waals surface area contributed by atoms with Gasteiger partial charge in [0.2, 0.25) is 10.0 Å². The molecule has 1 aromatic rings. The number of methoxy groups -OCH3 is 1. The van der Waals surface area contributed by atoms with Crippen LogP contribution in [0.1, 0.15) is 25.0 Å². The minimum atomic E-state index is -3.59. The maximum Gasteiger partial charge on any atom is 0.240 e. The van der Waals surface area contributed by atoms with Crippen LogP contribution in [0.3, 0.4) is 0 Å². The van der Waals surface area contributed by atoms with E-state index in [-0.39, 0.29) is 18.0 Å². The van der Waals surface area contributed by atoms with Crippen LogP contribution >= 0.6 is 0 Å². The lowest BCUT2D eigenvalue weighted by atomic mass is 10.1. The van der Waals surface area contributed by atoms with Crippen molar-refractivity contribution in [2.24, 2.45) is 0 Å². The van der Waals surface area contributed by atoms with Crippen molar-refractivity contribution in [3.63, 3.8) is 0 Å². The van der Waals surface area contributed by atoms with Crippen molar-refractivity contribution >= 4 is 10.0 Å². The topological polar surface area (TPSA) is 75.6 Å². The van der Waals surface area contributed by atoms with Crippen LogP contribution in [0.5, 0.6) is 0 Å². The third kappa shape index (κ3) is 4.28. The van der Waals surface area contributed by atoms with Gasteiger partial charge in [0.05, 0.1) is 17.1 Å². The summed E-state index contributed by atoms with van der Waals surface area (Å²) < 4.78 is 31.9. The van der Waals surface area contributed by atoms with Gasteiger partial charge in [0.25, 0.3) is 0 Å². The van der Waals surface area contributed by atoms with Crippen molar-refractivity contribution in [3.8, 4) is 0 Å². The van der Waals surface area contributed by atoms with Crippen molar-refractivity contribution in [2.45, 2.75) is 37.9 Å². The van der Waals surface area contributed by atoms with E-state index in [4.69, 9.17) is 4.74 Å². The Balaban J connectivity index is 2.95. The summed E-state index contributed by atoms with van der Waals surface area (Å²) in [7, 11) is -2.06. The highest BCUT2D eigenvalue weighted by atomic mass is 32.2. The summed E-state index contributed by atoms with van der Waals surface area (Å²) in [5.74, 6) is 0. The SMILES string of the molecule is COC(C)(C)CNS(=O)(=O)c1ccc(C)c(CO)c1. The fourth-order valence-electron chi connectivity index (χ4n) is 1.41. The molecule has 19 heavy (non-hydrogen) atoms. The quantitative estimate of drug-likeness (QED) is 0.824. The number of aliphatic hydroxyl groups excluding tert-OH is 1. The summed E-state index contributed by atoms with van der Waals surface area (Å²) in [6.07, 6.45) is 0. The normalized spacial score (nSPS) is 12.7. The Morgan fingerprint density at radius 1 is 1.37 bits per heavy atom. The molecule has 0 bridgehead atoms. The van der Waals surface area contributed by atoms with Crippen molar-refractivity contribution in [2.75, 3.05) is 13.7 Å². The molecule has 0 aliphatic carbocycles. The van der Waals surface area contributed by atoms with Crippen LogP contribution in [-0.2, 0) is 21.4 Å². The smallest absolute Gasteiger partial charge is 0.240 e. The van der Waals surface area contributed by atoms with Gasteiger partial charge in [-0.25, -0.2) is 13.1 Å². The Morgan fingerprint density at radius 3 is 2.53 bits per heavy atom. The first-order chi connectivity index (χ1) is 8.72. The van der Waals surface area contributed by atoms with Gasteiger partial charge in [-0.05, 0) is 44.0 Å².